The fourth-order valence-electron chi connectivity index (χ4n) is 4.07. The lowest BCUT2D eigenvalue weighted by atomic mass is 9.90. The first-order valence-corrected chi connectivity index (χ1v) is 10.3. The van der Waals surface area contributed by atoms with Crippen LogP contribution in [0.1, 0.15) is 11.6 Å². The molecule has 2 heterocycles. The van der Waals surface area contributed by atoms with Crippen molar-refractivity contribution in [3.8, 4) is 5.75 Å². The molecule has 5 rings (SSSR count). The van der Waals surface area contributed by atoms with Gasteiger partial charge in [-0.3, -0.25) is 14.4 Å². The number of nitrogens with zero attached hydrogens (tertiary/aromatic N) is 2. The van der Waals surface area contributed by atoms with Crippen LogP contribution in [-0.2, 0) is 14.4 Å². The Morgan fingerprint density at radius 3 is 2.13 bits per heavy atom. The van der Waals surface area contributed by atoms with Crippen molar-refractivity contribution in [2.45, 2.75) is 12.1 Å². The zero-order valence-corrected chi connectivity index (χ0v) is 17.3. The van der Waals surface area contributed by atoms with Crippen LogP contribution in [0.4, 0.5) is 11.4 Å². The number of carbonyl (C=O) groups is 2. The number of hydroxylamine groups is 1. The molecule has 2 aliphatic heterocycles. The van der Waals surface area contributed by atoms with Crippen LogP contribution < -0.4 is 9.96 Å². The van der Waals surface area contributed by atoms with Crippen molar-refractivity contribution in [1.29, 1.82) is 0 Å². The third-order valence-corrected chi connectivity index (χ3v) is 5.97. The van der Waals surface area contributed by atoms with Gasteiger partial charge in [0.1, 0.15) is 11.7 Å². The Morgan fingerprint density at radius 1 is 0.800 bits per heavy atom. The monoisotopic (exact) mass is 464 g/mol. The van der Waals surface area contributed by atoms with Gasteiger partial charge in [-0.05, 0) is 54.1 Å². The first-order valence-electron chi connectivity index (χ1n) is 9.48. The number of imide groups is 1. The van der Waals surface area contributed by atoms with Crippen LogP contribution in [-0.4, -0.2) is 23.0 Å². The molecule has 1 N–H and O–H groups in total. The van der Waals surface area contributed by atoms with Crippen molar-refractivity contribution in [2.24, 2.45) is 5.92 Å². The minimum absolute atomic E-state index is 0.130. The largest absolute Gasteiger partial charge is 0.508 e. The van der Waals surface area contributed by atoms with E-state index >= 15 is 0 Å². The van der Waals surface area contributed by atoms with E-state index in [4.69, 9.17) is 4.84 Å². The minimum Gasteiger partial charge on any atom is -0.508 e. The highest BCUT2D eigenvalue weighted by Gasteiger charge is 2.60. The number of carbonyl (C=O) groups excluding carboxylic acids is 2. The average molecular weight is 465 g/mol. The van der Waals surface area contributed by atoms with E-state index in [9.17, 15) is 14.7 Å². The summed E-state index contributed by atoms with van der Waals surface area (Å²) in [6.07, 6.45) is -0.917. The SMILES string of the molecule is O=C1[C@@H]2[C@@H](ON(c3ccccc3)[C@H]2c2ccc(O)cc2)C(=O)N1c1ccc(Br)cc1. The summed E-state index contributed by atoms with van der Waals surface area (Å²) in [6, 6.07) is 22.6. The number of phenolic OH excluding ortho intramolecular Hbond substituents is 1. The van der Waals surface area contributed by atoms with Crippen molar-refractivity contribution in [3.05, 3.63) is 88.9 Å². The molecule has 6 nitrogen and oxygen atoms in total. The topological polar surface area (TPSA) is 70.1 Å². The van der Waals surface area contributed by atoms with Crippen LogP contribution in [0.3, 0.4) is 0 Å². The molecule has 0 aliphatic carbocycles. The average Bonchev–Trinajstić information content (AvgIpc) is 3.27. The van der Waals surface area contributed by atoms with Crippen molar-refractivity contribution < 1.29 is 19.5 Å². The number of anilines is 2. The molecule has 0 bridgehead atoms. The molecule has 2 aliphatic rings. The number of benzene rings is 3. The molecule has 150 valence electrons. The number of hydrogen-bond donors (Lipinski definition) is 1. The Kier molecular flexibility index (Phi) is 4.56. The van der Waals surface area contributed by atoms with Gasteiger partial charge in [0.25, 0.3) is 5.91 Å². The van der Waals surface area contributed by atoms with Gasteiger partial charge in [-0.15, -0.1) is 0 Å². The molecule has 0 unspecified atom stereocenters. The second-order valence-electron chi connectivity index (χ2n) is 7.24. The van der Waals surface area contributed by atoms with Crippen LogP contribution in [0.2, 0.25) is 0 Å². The minimum atomic E-state index is -0.917. The molecule has 0 radical (unpaired) electrons. The fraction of sp³-hybridized carbons (Fsp3) is 0.130. The lowest BCUT2D eigenvalue weighted by Crippen LogP contribution is -2.37. The standard InChI is InChI=1S/C23H17BrN2O4/c24-15-8-10-16(11-9-15)25-22(28)19-20(14-6-12-18(27)13-7-14)26(30-21(19)23(25)29)17-4-2-1-3-5-17/h1-13,19-21,27H/t19-,20-,21+/m0/s1. The van der Waals surface area contributed by atoms with Crippen LogP contribution in [0.25, 0.3) is 0 Å². The molecule has 2 amide bonds. The Balaban J connectivity index is 1.58. The molecule has 3 aromatic carbocycles. The van der Waals surface area contributed by atoms with Gasteiger partial charge in [-0.25, -0.2) is 9.96 Å². The molecule has 2 saturated heterocycles. The van der Waals surface area contributed by atoms with E-state index in [-0.39, 0.29) is 17.6 Å². The summed E-state index contributed by atoms with van der Waals surface area (Å²) in [6.45, 7) is 0. The molecule has 0 saturated carbocycles. The molecule has 2 fully saturated rings. The zero-order valence-electron chi connectivity index (χ0n) is 15.7. The second-order valence-corrected chi connectivity index (χ2v) is 8.15. The molecule has 3 atom stereocenters. The van der Waals surface area contributed by atoms with Gasteiger partial charge in [0.05, 0.1) is 17.4 Å². The summed E-state index contributed by atoms with van der Waals surface area (Å²) < 4.78 is 0.860. The molecule has 7 heteroatoms. The van der Waals surface area contributed by atoms with Gasteiger partial charge >= 0.3 is 0 Å². The number of fused-ring (bicyclic) bond motifs is 1. The highest BCUT2D eigenvalue weighted by atomic mass is 79.9. The van der Waals surface area contributed by atoms with Crippen molar-refractivity contribution in [1.82, 2.24) is 0 Å². The predicted molar refractivity (Wildman–Crippen MR) is 115 cm³/mol. The van der Waals surface area contributed by atoms with Gasteiger partial charge in [0.15, 0.2) is 6.10 Å². The Morgan fingerprint density at radius 2 is 1.47 bits per heavy atom. The number of amides is 2. The summed E-state index contributed by atoms with van der Waals surface area (Å²) in [5.41, 5.74) is 2.05. The Labute approximate surface area is 181 Å². The lowest BCUT2D eigenvalue weighted by Gasteiger charge is -2.28. The number of phenols is 1. The van der Waals surface area contributed by atoms with E-state index in [1.165, 1.54) is 4.90 Å². The molecule has 0 spiro atoms. The van der Waals surface area contributed by atoms with E-state index in [0.717, 1.165) is 15.7 Å². The van der Waals surface area contributed by atoms with Crippen LogP contribution in [0.5, 0.6) is 5.75 Å². The maximum atomic E-state index is 13.4. The number of para-hydroxylation sites is 1. The zero-order chi connectivity index (χ0) is 20.8. The fourth-order valence-corrected chi connectivity index (χ4v) is 4.33. The van der Waals surface area contributed by atoms with Gasteiger partial charge < -0.3 is 5.11 Å². The normalized spacial score (nSPS) is 23.2. The van der Waals surface area contributed by atoms with E-state index in [0.29, 0.717) is 5.69 Å². The van der Waals surface area contributed by atoms with Crippen LogP contribution in [0, 0.1) is 5.92 Å². The summed E-state index contributed by atoms with van der Waals surface area (Å²) >= 11 is 3.37. The maximum Gasteiger partial charge on any atom is 0.266 e. The third-order valence-electron chi connectivity index (χ3n) is 5.45. The van der Waals surface area contributed by atoms with Crippen molar-refractivity contribution in [2.75, 3.05) is 9.96 Å². The van der Waals surface area contributed by atoms with Gasteiger partial charge in [-0.1, -0.05) is 46.3 Å². The van der Waals surface area contributed by atoms with Crippen molar-refractivity contribution >= 4 is 39.1 Å². The summed E-state index contributed by atoms with van der Waals surface area (Å²) in [5, 5.41) is 11.3. The van der Waals surface area contributed by atoms with E-state index in [1.807, 2.05) is 30.3 Å². The number of aromatic hydroxyl groups is 1. The van der Waals surface area contributed by atoms with Crippen molar-refractivity contribution in [3.63, 3.8) is 0 Å². The molecular formula is C23H17BrN2O4. The third kappa shape index (κ3) is 2.98. The van der Waals surface area contributed by atoms with Crippen LogP contribution >= 0.6 is 15.9 Å². The Hall–Kier alpha value is -3.16. The molecule has 3 aromatic rings. The highest BCUT2D eigenvalue weighted by molar-refractivity contribution is 9.10. The number of hydrogen-bond acceptors (Lipinski definition) is 5. The van der Waals surface area contributed by atoms with E-state index in [1.54, 1.807) is 53.6 Å². The van der Waals surface area contributed by atoms with E-state index < -0.39 is 18.1 Å². The van der Waals surface area contributed by atoms with Gasteiger partial charge in [0.2, 0.25) is 5.91 Å². The summed E-state index contributed by atoms with van der Waals surface area (Å²) in [4.78, 5) is 33.9. The summed E-state index contributed by atoms with van der Waals surface area (Å²) in [5.74, 6) is -1.25. The second kappa shape index (κ2) is 7.27. The highest BCUT2D eigenvalue weighted by Crippen LogP contribution is 2.47. The Bertz CT molecular complexity index is 1100. The molecular weight excluding hydrogens is 448 g/mol. The summed E-state index contributed by atoms with van der Waals surface area (Å²) in [7, 11) is 0. The molecule has 30 heavy (non-hydrogen) atoms. The quantitative estimate of drug-likeness (QED) is 0.588. The first-order chi connectivity index (χ1) is 14.5. The first kappa shape index (κ1) is 18.8. The van der Waals surface area contributed by atoms with Gasteiger partial charge in [0, 0.05) is 4.47 Å². The van der Waals surface area contributed by atoms with Gasteiger partial charge in [-0.2, -0.15) is 0 Å². The predicted octanol–water partition coefficient (Wildman–Crippen LogP) is 4.21. The van der Waals surface area contributed by atoms with Crippen LogP contribution in [0.15, 0.2) is 83.3 Å². The lowest BCUT2D eigenvalue weighted by molar-refractivity contribution is -0.126. The number of rotatable bonds is 3. The number of halogens is 1. The molecule has 0 aromatic heterocycles. The smallest absolute Gasteiger partial charge is 0.266 e. The maximum absolute atomic E-state index is 13.4. The van der Waals surface area contributed by atoms with E-state index in [2.05, 4.69) is 15.9 Å².